The molecule has 0 bridgehead atoms. The molecule has 34 heavy (non-hydrogen) atoms. The lowest BCUT2D eigenvalue weighted by Crippen LogP contribution is -2.57. The number of amides is 3. The van der Waals surface area contributed by atoms with Crippen LogP contribution in [-0.2, 0) is 11.3 Å². The van der Waals surface area contributed by atoms with Crippen molar-refractivity contribution < 1.29 is 32.2 Å². The fraction of sp³-hybridized carbons (Fsp3) is 0.650. The first-order valence-electron chi connectivity index (χ1n) is 10.8. The van der Waals surface area contributed by atoms with Gasteiger partial charge in [-0.2, -0.15) is 18.2 Å². The van der Waals surface area contributed by atoms with Crippen LogP contribution in [0.5, 0.6) is 5.88 Å². The second-order valence-corrected chi connectivity index (χ2v) is 7.77. The number of nitrogens with one attached hydrogen (secondary N) is 1. The van der Waals surface area contributed by atoms with Crippen LogP contribution in [0.2, 0.25) is 0 Å². The van der Waals surface area contributed by atoms with Gasteiger partial charge >= 0.3 is 12.2 Å². The molecule has 2 aliphatic heterocycles. The number of aromatic nitrogens is 4. The Morgan fingerprint density at radius 3 is 2.38 bits per heavy atom. The fourth-order valence-corrected chi connectivity index (χ4v) is 3.65. The van der Waals surface area contributed by atoms with E-state index in [9.17, 15) is 22.8 Å². The van der Waals surface area contributed by atoms with E-state index in [0.717, 1.165) is 39.0 Å². The third kappa shape index (κ3) is 5.85. The van der Waals surface area contributed by atoms with Gasteiger partial charge in [0.05, 0.1) is 26.3 Å². The molecule has 11 nitrogen and oxygen atoms in total. The molecule has 0 aliphatic carbocycles. The summed E-state index contributed by atoms with van der Waals surface area (Å²) in [5.74, 6) is -0.957. The maximum absolute atomic E-state index is 12.2. The molecule has 2 aromatic rings. The zero-order valence-corrected chi connectivity index (χ0v) is 19.3. The largest absolute Gasteiger partial charge is 0.479 e. The van der Waals surface area contributed by atoms with Crippen molar-refractivity contribution in [2.75, 3.05) is 46.9 Å². The number of hydrogen-bond acceptors (Lipinski definition) is 7. The normalized spacial score (nSPS) is 16.2. The number of likely N-dealkylation sites (tertiary alicyclic amines) is 2. The van der Waals surface area contributed by atoms with E-state index >= 15 is 0 Å². The average molecular weight is 487 g/mol. The minimum absolute atomic E-state index is 0.150. The lowest BCUT2D eigenvalue weighted by molar-refractivity contribution is -0.123. The Bertz CT molecular complexity index is 1000. The number of urea groups is 1. The highest BCUT2D eigenvalue weighted by atomic mass is 19.4. The number of fused-ring (bicyclic) bond motifs is 1. The molecule has 2 fully saturated rings. The zero-order chi connectivity index (χ0) is 24.9. The molecule has 1 N–H and O–H groups in total. The van der Waals surface area contributed by atoms with Gasteiger partial charge < -0.3 is 29.2 Å². The first-order chi connectivity index (χ1) is 16.2. The monoisotopic (exact) mass is 487 g/mol. The van der Waals surface area contributed by atoms with Crippen molar-refractivity contribution in [3.8, 4) is 5.88 Å². The topological polar surface area (TPSA) is 115 Å². The summed E-state index contributed by atoms with van der Waals surface area (Å²) in [7, 11) is 3.07. The molecule has 0 atom stereocenters. The Balaban J connectivity index is 0.000000212. The Morgan fingerprint density at radius 1 is 1.15 bits per heavy atom. The number of nitrogens with zero attached hydrogens (tertiary/aromatic N) is 6. The van der Waals surface area contributed by atoms with Gasteiger partial charge in [-0.1, -0.05) is 0 Å². The van der Waals surface area contributed by atoms with Crippen LogP contribution >= 0.6 is 0 Å². The lowest BCUT2D eigenvalue weighted by atomic mass is 10.2. The van der Waals surface area contributed by atoms with Crippen LogP contribution in [0.3, 0.4) is 0 Å². The van der Waals surface area contributed by atoms with Gasteiger partial charge in [0, 0.05) is 26.7 Å². The molecule has 0 saturated carbocycles. The van der Waals surface area contributed by atoms with Crippen LogP contribution in [0, 0.1) is 0 Å². The average Bonchev–Trinajstić information content (AvgIpc) is 3.44. The Hall–Kier alpha value is -3.16. The number of ether oxygens (including phenoxy) is 2. The molecule has 3 amide bonds. The molecule has 4 rings (SSSR count). The number of rotatable bonds is 5. The predicted molar refractivity (Wildman–Crippen MR) is 115 cm³/mol. The van der Waals surface area contributed by atoms with E-state index in [1.165, 1.54) is 18.0 Å². The third-order valence-corrected chi connectivity index (χ3v) is 5.49. The molecule has 0 aromatic carbocycles. The Labute approximate surface area is 194 Å². The van der Waals surface area contributed by atoms with Gasteiger partial charge in [0.2, 0.25) is 11.7 Å². The number of hydrogen-bond donors (Lipinski definition) is 1. The molecular weight excluding hydrogens is 459 g/mol. The summed E-state index contributed by atoms with van der Waals surface area (Å²) in [6.45, 7) is 4.01. The lowest BCUT2D eigenvalue weighted by Gasteiger charge is -2.40. The van der Waals surface area contributed by atoms with E-state index in [1.807, 2.05) is 9.80 Å². The van der Waals surface area contributed by atoms with Gasteiger partial charge in [-0.3, -0.25) is 4.79 Å². The van der Waals surface area contributed by atoms with Crippen molar-refractivity contribution >= 4 is 23.1 Å². The summed E-state index contributed by atoms with van der Waals surface area (Å²) in [5, 5.41) is 1.78. The van der Waals surface area contributed by atoms with Crippen molar-refractivity contribution in [1.82, 2.24) is 34.6 Å². The van der Waals surface area contributed by atoms with E-state index in [4.69, 9.17) is 9.47 Å². The second kappa shape index (κ2) is 10.8. The highest BCUT2D eigenvalue weighted by Crippen LogP contribution is 2.22. The van der Waals surface area contributed by atoms with Gasteiger partial charge in [0.1, 0.15) is 12.9 Å². The van der Waals surface area contributed by atoms with E-state index in [-0.39, 0.29) is 29.4 Å². The van der Waals surface area contributed by atoms with Crippen LogP contribution in [0.15, 0.2) is 6.33 Å². The number of aryl methyl sites for hydroxylation is 1. The Morgan fingerprint density at radius 2 is 1.82 bits per heavy atom. The third-order valence-electron chi connectivity index (χ3n) is 5.49. The maximum Gasteiger partial charge on any atom is 0.405 e. The van der Waals surface area contributed by atoms with Gasteiger partial charge in [-0.15, -0.1) is 0 Å². The summed E-state index contributed by atoms with van der Waals surface area (Å²) >= 11 is 0. The smallest absolute Gasteiger partial charge is 0.405 e. The quantitative estimate of drug-likeness (QED) is 0.683. The van der Waals surface area contributed by atoms with Crippen LogP contribution in [-0.4, -0.2) is 100 Å². The second-order valence-electron chi connectivity index (χ2n) is 7.77. The summed E-state index contributed by atoms with van der Waals surface area (Å²) in [4.78, 5) is 39.1. The predicted octanol–water partition coefficient (Wildman–Crippen LogP) is 1.68. The van der Waals surface area contributed by atoms with Crippen molar-refractivity contribution in [2.24, 2.45) is 0 Å². The standard InChI is InChI=1S/C11H12F3N5O2.C9H16N2O2/c1-3-19-7-6(10(21-2)17-5-16-7)18-8(19)9(20)15-4-11(12,13)14;1-13-8-6-11(7-8)9(12)10-4-2-3-5-10/h5H,3-4H2,1-2H3,(H,15,20);8H,2-7H2,1H3. The maximum atomic E-state index is 12.2. The van der Waals surface area contributed by atoms with E-state index in [0.29, 0.717) is 12.2 Å². The summed E-state index contributed by atoms with van der Waals surface area (Å²) < 4.78 is 48.0. The SMILES string of the molecule is CCn1c(C(=O)NCC(F)(F)F)nc2c(OC)ncnc21.COC1CN(C(=O)N2CCCC2)C1. The molecule has 2 saturated heterocycles. The number of alkyl halides is 3. The molecular formula is C20H28F3N7O4. The number of imidazole rings is 1. The fourth-order valence-electron chi connectivity index (χ4n) is 3.65. The molecule has 14 heteroatoms. The van der Waals surface area contributed by atoms with Gasteiger partial charge in [-0.05, 0) is 19.8 Å². The number of methoxy groups -OCH3 is 2. The van der Waals surface area contributed by atoms with Gasteiger partial charge in [0.15, 0.2) is 11.2 Å². The molecule has 4 heterocycles. The summed E-state index contributed by atoms with van der Waals surface area (Å²) in [6, 6.07) is 0.200. The van der Waals surface area contributed by atoms with Crippen LogP contribution in [0.25, 0.3) is 11.2 Å². The van der Waals surface area contributed by atoms with E-state index in [1.54, 1.807) is 19.4 Å². The highest BCUT2D eigenvalue weighted by molar-refractivity contribution is 5.95. The van der Waals surface area contributed by atoms with Gasteiger partial charge in [0.25, 0.3) is 5.91 Å². The van der Waals surface area contributed by atoms with Crippen LogP contribution < -0.4 is 10.1 Å². The zero-order valence-electron chi connectivity index (χ0n) is 19.3. The van der Waals surface area contributed by atoms with E-state index < -0.39 is 18.6 Å². The molecule has 2 aliphatic rings. The van der Waals surface area contributed by atoms with Crippen LogP contribution in [0.1, 0.15) is 30.4 Å². The minimum atomic E-state index is -4.49. The van der Waals surface area contributed by atoms with Gasteiger partial charge in [-0.25, -0.2) is 14.8 Å². The number of carbonyl (C=O) groups excluding carboxylic acids is 2. The molecule has 0 unspecified atom stereocenters. The van der Waals surface area contributed by atoms with E-state index in [2.05, 4.69) is 15.0 Å². The number of halogens is 3. The first kappa shape index (κ1) is 25.5. The minimum Gasteiger partial charge on any atom is -0.479 e. The molecule has 188 valence electrons. The van der Waals surface area contributed by atoms with Crippen molar-refractivity contribution in [3.63, 3.8) is 0 Å². The number of carbonyl (C=O) groups is 2. The van der Waals surface area contributed by atoms with Crippen LogP contribution in [0.4, 0.5) is 18.0 Å². The molecule has 0 spiro atoms. The molecule has 2 aromatic heterocycles. The van der Waals surface area contributed by atoms with Crippen molar-refractivity contribution in [1.29, 1.82) is 0 Å². The first-order valence-corrected chi connectivity index (χ1v) is 10.8. The highest BCUT2D eigenvalue weighted by Gasteiger charge is 2.34. The Kier molecular flexibility index (Phi) is 8.12. The molecule has 0 radical (unpaired) electrons. The van der Waals surface area contributed by atoms with Crippen molar-refractivity contribution in [3.05, 3.63) is 12.2 Å². The summed E-state index contributed by atoms with van der Waals surface area (Å²) in [6.07, 6.45) is -0.671. The summed E-state index contributed by atoms with van der Waals surface area (Å²) in [5.41, 5.74) is 0.542. The van der Waals surface area contributed by atoms with Crippen molar-refractivity contribution in [2.45, 2.75) is 38.6 Å².